The largest absolute Gasteiger partial charge is 0.198 e. The van der Waals surface area contributed by atoms with Crippen molar-refractivity contribution in [3.05, 3.63) is 70.7 Å². The molecule has 0 unspecified atom stereocenters. The van der Waals surface area contributed by atoms with Crippen molar-refractivity contribution in [3.63, 3.8) is 0 Å². The van der Waals surface area contributed by atoms with Crippen molar-refractivity contribution in [2.45, 2.75) is 11.8 Å². The van der Waals surface area contributed by atoms with Gasteiger partial charge in [0.15, 0.2) is 0 Å². The lowest BCUT2D eigenvalue weighted by molar-refractivity contribution is 0.761. The van der Waals surface area contributed by atoms with Crippen LogP contribution in [-0.4, -0.2) is 0 Å². The summed E-state index contributed by atoms with van der Waals surface area (Å²) in [4.78, 5) is 0. The van der Waals surface area contributed by atoms with Gasteiger partial charge in [-0.25, -0.2) is 0 Å². The molecule has 0 aliphatic rings. The Morgan fingerprint density at radius 1 is 0.737 bits per heavy atom. The van der Waals surface area contributed by atoms with Crippen LogP contribution >= 0.6 is 11.6 Å². The summed E-state index contributed by atoms with van der Waals surface area (Å²) in [7, 11) is 0. The smallest absolute Gasteiger partial charge is 0.0912 e. The van der Waals surface area contributed by atoms with Crippen molar-refractivity contribution in [3.8, 4) is 12.1 Å². The molecule has 0 heterocycles. The molecule has 2 rings (SSSR count). The Balaban J connectivity index is 2.39. The number of benzene rings is 2. The molecule has 0 N–H and O–H groups in total. The summed E-state index contributed by atoms with van der Waals surface area (Å²) in [6, 6.07) is 20.9. The lowest BCUT2D eigenvalue weighted by atomic mass is 9.83. The van der Waals surface area contributed by atoms with Gasteiger partial charge < -0.3 is 0 Å². The second-order valence-corrected chi connectivity index (χ2v) is 4.61. The Morgan fingerprint density at radius 2 is 1.21 bits per heavy atom. The van der Waals surface area contributed by atoms with Gasteiger partial charge in [0, 0.05) is 5.02 Å². The molecule has 0 bridgehead atoms. The van der Waals surface area contributed by atoms with E-state index < -0.39 is 11.8 Å². The summed E-state index contributed by atoms with van der Waals surface area (Å²) >= 11 is 5.84. The van der Waals surface area contributed by atoms with Crippen molar-refractivity contribution >= 4 is 11.6 Å². The monoisotopic (exact) mass is 266 g/mol. The third-order valence-corrected chi connectivity index (χ3v) is 3.25. The number of hydrogen-bond acceptors (Lipinski definition) is 2. The average molecular weight is 267 g/mol. The maximum Gasteiger partial charge on any atom is 0.0912 e. The van der Waals surface area contributed by atoms with Crippen LogP contribution in [0.1, 0.15) is 23.0 Å². The van der Waals surface area contributed by atoms with Crippen LogP contribution in [0.15, 0.2) is 54.6 Å². The molecule has 0 saturated carbocycles. The molecule has 0 radical (unpaired) electrons. The van der Waals surface area contributed by atoms with Crippen LogP contribution in [0.4, 0.5) is 0 Å². The standard InChI is InChI=1S/C16H11ClN2/c17-14-8-6-13(7-9-14)16(11-19)15(10-18)12-4-2-1-3-5-12/h1-9,15-16H/t15-,16-/m1/s1. The molecule has 2 aromatic rings. The zero-order valence-corrected chi connectivity index (χ0v) is 10.9. The highest BCUT2D eigenvalue weighted by Gasteiger charge is 2.24. The third kappa shape index (κ3) is 2.94. The van der Waals surface area contributed by atoms with Crippen LogP contribution in [0.2, 0.25) is 5.02 Å². The van der Waals surface area contributed by atoms with E-state index in [1.807, 2.05) is 30.3 Å². The maximum atomic E-state index is 9.38. The average Bonchev–Trinajstić information content (AvgIpc) is 2.47. The molecule has 0 saturated heterocycles. The third-order valence-electron chi connectivity index (χ3n) is 3.00. The molecule has 0 aliphatic heterocycles. The molecule has 2 atom stereocenters. The van der Waals surface area contributed by atoms with Crippen molar-refractivity contribution in [2.75, 3.05) is 0 Å². The zero-order valence-electron chi connectivity index (χ0n) is 10.1. The fourth-order valence-corrected chi connectivity index (χ4v) is 2.14. The highest BCUT2D eigenvalue weighted by Crippen LogP contribution is 2.32. The Labute approximate surface area is 117 Å². The minimum Gasteiger partial charge on any atom is -0.198 e. The van der Waals surface area contributed by atoms with Gasteiger partial charge in [-0.15, -0.1) is 0 Å². The molecule has 19 heavy (non-hydrogen) atoms. The number of nitriles is 2. The van der Waals surface area contributed by atoms with E-state index in [9.17, 15) is 10.5 Å². The number of nitrogens with zero attached hydrogens (tertiary/aromatic N) is 2. The first-order valence-corrected chi connectivity index (χ1v) is 6.23. The molecule has 92 valence electrons. The SMILES string of the molecule is N#C[C@H](c1ccccc1)[C@H](C#N)c1ccc(Cl)cc1. The van der Waals surface area contributed by atoms with E-state index in [2.05, 4.69) is 12.1 Å². The predicted molar refractivity (Wildman–Crippen MR) is 74.6 cm³/mol. The topological polar surface area (TPSA) is 47.6 Å². The van der Waals surface area contributed by atoms with E-state index in [-0.39, 0.29) is 0 Å². The minimum atomic E-state index is -0.496. The van der Waals surface area contributed by atoms with Gasteiger partial charge in [0.25, 0.3) is 0 Å². The van der Waals surface area contributed by atoms with Crippen molar-refractivity contribution in [1.29, 1.82) is 10.5 Å². The van der Waals surface area contributed by atoms with Crippen molar-refractivity contribution < 1.29 is 0 Å². The Kier molecular flexibility index (Phi) is 4.18. The molecule has 0 aliphatic carbocycles. The van der Waals surface area contributed by atoms with Crippen molar-refractivity contribution in [1.82, 2.24) is 0 Å². The summed E-state index contributed by atoms with van der Waals surface area (Å²) in [6.45, 7) is 0. The maximum absolute atomic E-state index is 9.38. The summed E-state index contributed by atoms with van der Waals surface area (Å²) in [5, 5.41) is 19.4. The molecule has 3 heteroatoms. The Bertz CT molecular complexity index is 621. The summed E-state index contributed by atoms with van der Waals surface area (Å²) in [5.74, 6) is -0.975. The number of halogens is 1. The van der Waals surface area contributed by atoms with Gasteiger partial charge in [0.05, 0.1) is 24.0 Å². The molecular formula is C16H11ClN2. The zero-order chi connectivity index (χ0) is 13.7. The molecule has 0 fully saturated rings. The molecular weight excluding hydrogens is 256 g/mol. The van der Waals surface area contributed by atoms with Gasteiger partial charge in [-0.05, 0) is 23.3 Å². The van der Waals surface area contributed by atoms with Gasteiger partial charge in [-0.3, -0.25) is 0 Å². The fraction of sp³-hybridized carbons (Fsp3) is 0.125. The van der Waals surface area contributed by atoms with Gasteiger partial charge in [-0.1, -0.05) is 54.1 Å². The number of rotatable bonds is 3. The Hall–Kier alpha value is -2.29. The lowest BCUT2D eigenvalue weighted by Gasteiger charge is -2.16. The minimum absolute atomic E-state index is 0.479. The van der Waals surface area contributed by atoms with Crippen molar-refractivity contribution in [2.24, 2.45) is 0 Å². The first-order chi connectivity index (χ1) is 9.26. The molecule has 0 aromatic heterocycles. The normalized spacial score (nSPS) is 13.0. The summed E-state index contributed by atoms with van der Waals surface area (Å²) in [5.41, 5.74) is 1.66. The first-order valence-electron chi connectivity index (χ1n) is 5.86. The second-order valence-electron chi connectivity index (χ2n) is 4.18. The second kappa shape index (κ2) is 6.05. The van der Waals surface area contributed by atoms with E-state index >= 15 is 0 Å². The van der Waals surface area contributed by atoms with Gasteiger partial charge >= 0.3 is 0 Å². The fourth-order valence-electron chi connectivity index (χ4n) is 2.01. The van der Waals surface area contributed by atoms with E-state index in [0.717, 1.165) is 11.1 Å². The van der Waals surface area contributed by atoms with Gasteiger partial charge in [0.1, 0.15) is 0 Å². The van der Waals surface area contributed by atoms with Crippen LogP contribution < -0.4 is 0 Å². The van der Waals surface area contributed by atoms with Crippen LogP contribution in [0, 0.1) is 22.7 Å². The predicted octanol–water partition coefficient (Wildman–Crippen LogP) is 4.25. The van der Waals surface area contributed by atoms with Gasteiger partial charge in [0.2, 0.25) is 0 Å². The van der Waals surface area contributed by atoms with Crippen LogP contribution in [-0.2, 0) is 0 Å². The highest BCUT2D eigenvalue weighted by molar-refractivity contribution is 6.30. The number of hydrogen-bond donors (Lipinski definition) is 0. The summed E-state index contributed by atoms with van der Waals surface area (Å²) in [6.07, 6.45) is 0. The lowest BCUT2D eigenvalue weighted by Crippen LogP contribution is -2.08. The molecule has 2 aromatic carbocycles. The Morgan fingerprint density at radius 3 is 1.68 bits per heavy atom. The highest BCUT2D eigenvalue weighted by atomic mass is 35.5. The molecule has 0 amide bonds. The molecule has 2 nitrogen and oxygen atoms in total. The summed E-state index contributed by atoms with van der Waals surface area (Å²) < 4.78 is 0. The van der Waals surface area contributed by atoms with Gasteiger partial charge in [-0.2, -0.15) is 10.5 Å². The van der Waals surface area contributed by atoms with E-state index in [0.29, 0.717) is 5.02 Å². The van der Waals surface area contributed by atoms with Crippen LogP contribution in [0.5, 0.6) is 0 Å². The van der Waals surface area contributed by atoms with E-state index in [4.69, 9.17) is 11.6 Å². The van der Waals surface area contributed by atoms with Crippen LogP contribution in [0.25, 0.3) is 0 Å². The molecule has 0 spiro atoms. The van der Waals surface area contributed by atoms with Crippen LogP contribution in [0.3, 0.4) is 0 Å². The van der Waals surface area contributed by atoms with E-state index in [1.54, 1.807) is 24.3 Å². The quantitative estimate of drug-likeness (QED) is 0.833. The first kappa shape index (κ1) is 13.1. The van der Waals surface area contributed by atoms with E-state index in [1.165, 1.54) is 0 Å².